The van der Waals surface area contributed by atoms with Crippen molar-refractivity contribution in [3.05, 3.63) is 0 Å². The number of Topliss-reactive ketones (excluding diaryl/α,β-unsaturated/α-hetero) is 1. The van der Waals surface area contributed by atoms with Gasteiger partial charge in [-0.05, 0) is 13.8 Å². The number of esters is 1. The minimum atomic E-state index is -3.87. The Bertz CT molecular complexity index is 362. The van der Waals surface area contributed by atoms with E-state index >= 15 is 0 Å². The lowest BCUT2D eigenvalue weighted by Crippen LogP contribution is -2.45. The Morgan fingerprint density at radius 1 is 1.31 bits per heavy atom. The molecule has 0 amide bonds. The first-order chi connectivity index (χ1) is 7.26. The summed E-state index contributed by atoms with van der Waals surface area (Å²) in [7, 11) is -2.77. The Morgan fingerprint density at radius 2 is 1.81 bits per heavy atom. The molecule has 2 atom stereocenters. The van der Waals surface area contributed by atoms with Crippen molar-refractivity contribution in [3.8, 4) is 0 Å². The van der Waals surface area contributed by atoms with E-state index in [2.05, 4.69) is 9.46 Å². The van der Waals surface area contributed by atoms with Crippen molar-refractivity contribution in [2.45, 2.75) is 38.5 Å². The monoisotopic (exact) mass is 251 g/mol. The summed E-state index contributed by atoms with van der Waals surface area (Å²) < 4.78 is 29.7. The smallest absolute Gasteiger partial charge is 0.325 e. The van der Waals surface area contributed by atoms with Crippen molar-refractivity contribution in [2.75, 3.05) is 7.11 Å². The Kier molecular flexibility index (Phi) is 5.60. The highest BCUT2D eigenvalue weighted by molar-refractivity contribution is 7.90. The molecule has 0 aromatic rings. The van der Waals surface area contributed by atoms with Crippen LogP contribution in [-0.4, -0.2) is 38.6 Å². The first kappa shape index (κ1) is 15.0. The fourth-order valence-corrected chi connectivity index (χ4v) is 2.19. The van der Waals surface area contributed by atoms with Crippen LogP contribution in [0.1, 0.15) is 27.2 Å². The van der Waals surface area contributed by atoms with E-state index in [9.17, 15) is 18.0 Å². The van der Waals surface area contributed by atoms with Gasteiger partial charge in [0.2, 0.25) is 10.0 Å². The Hall–Kier alpha value is -0.950. The SMILES string of the molecule is CCC(=O)C(C)NS(=O)(=O)C(C)C(=O)OC. The topological polar surface area (TPSA) is 89.5 Å². The first-order valence-corrected chi connectivity index (χ1v) is 6.42. The zero-order valence-corrected chi connectivity index (χ0v) is 10.6. The van der Waals surface area contributed by atoms with E-state index < -0.39 is 27.3 Å². The number of ether oxygens (including phenoxy) is 1. The molecule has 7 heteroatoms. The van der Waals surface area contributed by atoms with Crippen LogP contribution >= 0.6 is 0 Å². The molecule has 16 heavy (non-hydrogen) atoms. The van der Waals surface area contributed by atoms with Crippen molar-refractivity contribution >= 4 is 21.8 Å². The van der Waals surface area contributed by atoms with Crippen molar-refractivity contribution < 1.29 is 22.7 Å². The summed E-state index contributed by atoms with van der Waals surface area (Å²) in [5, 5.41) is -1.33. The standard InChI is InChI=1S/C9H17NO5S/c1-5-8(11)6(2)10-16(13,14)7(3)9(12)15-4/h6-7,10H,5H2,1-4H3. The van der Waals surface area contributed by atoms with Crippen LogP contribution in [0, 0.1) is 0 Å². The molecule has 0 saturated carbocycles. The number of hydrogen-bond donors (Lipinski definition) is 1. The lowest BCUT2D eigenvalue weighted by atomic mass is 10.2. The summed E-state index contributed by atoms with van der Waals surface area (Å²) in [5.74, 6) is -1.09. The molecule has 0 saturated heterocycles. The quantitative estimate of drug-likeness (QED) is 0.662. The van der Waals surface area contributed by atoms with Crippen LogP contribution in [0.3, 0.4) is 0 Å². The second kappa shape index (κ2) is 5.95. The summed E-state index contributed by atoms with van der Waals surface area (Å²) in [5.41, 5.74) is 0. The number of nitrogens with one attached hydrogen (secondary N) is 1. The lowest BCUT2D eigenvalue weighted by Gasteiger charge is -2.15. The third-order valence-corrected chi connectivity index (χ3v) is 3.98. The number of carbonyl (C=O) groups excluding carboxylic acids is 2. The van der Waals surface area contributed by atoms with Gasteiger partial charge in [0, 0.05) is 6.42 Å². The third kappa shape index (κ3) is 3.90. The predicted octanol–water partition coefficient (Wildman–Crippen LogP) is -0.165. The van der Waals surface area contributed by atoms with Crippen molar-refractivity contribution in [3.63, 3.8) is 0 Å². The van der Waals surface area contributed by atoms with Crippen LogP contribution in [-0.2, 0) is 24.3 Å². The number of ketones is 1. The second-order valence-corrected chi connectivity index (χ2v) is 5.40. The Balaban J connectivity index is 4.70. The highest BCUT2D eigenvalue weighted by Gasteiger charge is 2.31. The minimum Gasteiger partial charge on any atom is -0.468 e. The van der Waals surface area contributed by atoms with E-state index in [1.165, 1.54) is 13.8 Å². The average Bonchev–Trinajstić information content (AvgIpc) is 2.24. The van der Waals surface area contributed by atoms with Gasteiger partial charge in [0.15, 0.2) is 5.25 Å². The first-order valence-electron chi connectivity index (χ1n) is 4.88. The van der Waals surface area contributed by atoms with Gasteiger partial charge < -0.3 is 4.74 Å². The molecular formula is C9H17NO5S. The molecule has 0 heterocycles. The maximum absolute atomic E-state index is 11.6. The molecule has 0 aromatic carbocycles. The van der Waals surface area contributed by atoms with E-state index in [0.717, 1.165) is 7.11 Å². The largest absolute Gasteiger partial charge is 0.468 e. The average molecular weight is 251 g/mol. The van der Waals surface area contributed by atoms with E-state index in [1.807, 2.05) is 0 Å². The van der Waals surface area contributed by atoms with Gasteiger partial charge >= 0.3 is 5.97 Å². The van der Waals surface area contributed by atoms with Crippen LogP contribution in [0.4, 0.5) is 0 Å². The predicted molar refractivity (Wildman–Crippen MR) is 58.3 cm³/mol. The summed E-state index contributed by atoms with van der Waals surface area (Å²) in [4.78, 5) is 22.3. The number of hydrogen-bond acceptors (Lipinski definition) is 5. The molecule has 0 rings (SSSR count). The number of sulfonamides is 1. The molecule has 0 fully saturated rings. The molecule has 0 spiro atoms. The zero-order valence-electron chi connectivity index (χ0n) is 9.81. The third-order valence-electron chi connectivity index (χ3n) is 2.17. The van der Waals surface area contributed by atoms with Crippen LogP contribution in [0.15, 0.2) is 0 Å². The van der Waals surface area contributed by atoms with Crippen molar-refractivity contribution in [1.82, 2.24) is 4.72 Å². The molecule has 1 N–H and O–H groups in total. The number of carbonyl (C=O) groups is 2. The van der Waals surface area contributed by atoms with Crippen molar-refractivity contribution in [1.29, 1.82) is 0 Å². The highest BCUT2D eigenvalue weighted by Crippen LogP contribution is 2.03. The van der Waals surface area contributed by atoms with Gasteiger partial charge in [-0.1, -0.05) is 6.92 Å². The maximum atomic E-state index is 11.6. The van der Waals surface area contributed by atoms with E-state index in [-0.39, 0.29) is 12.2 Å². The highest BCUT2D eigenvalue weighted by atomic mass is 32.2. The zero-order chi connectivity index (χ0) is 12.9. The van der Waals surface area contributed by atoms with Gasteiger partial charge in [0.1, 0.15) is 5.78 Å². The second-order valence-electron chi connectivity index (χ2n) is 3.37. The number of rotatable bonds is 6. The van der Waals surface area contributed by atoms with Gasteiger partial charge in [0.05, 0.1) is 13.2 Å². The van der Waals surface area contributed by atoms with Crippen molar-refractivity contribution in [2.24, 2.45) is 0 Å². The van der Waals surface area contributed by atoms with Gasteiger partial charge in [-0.3, -0.25) is 9.59 Å². The van der Waals surface area contributed by atoms with Gasteiger partial charge in [-0.2, -0.15) is 0 Å². The summed E-state index contributed by atoms with van der Waals surface area (Å²) >= 11 is 0. The molecule has 6 nitrogen and oxygen atoms in total. The molecule has 94 valence electrons. The van der Waals surface area contributed by atoms with Gasteiger partial charge in [-0.25, -0.2) is 13.1 Å². The van der Waals surface area contributed by atoms with E-state index in [1.54, 1.807) is 6.92 Å². The molecule has 0 radical (unpaired) electrons. The Labute approximate surface area is 95.4 Å². The van der Waals surface area contributed by atoms with Crippen LogP contribution in [0.2, 0.25) is 0 Å². The fourth-order valence-electron chi connectivity index (χ4n) is 1.01. The molecule has 0 aliphatic carbocycles. The molecule has 0 bridgehead atoms. The summed E-state index contributed by atoms with van der Waals surface area (Å²) in [6.07, 6.45) is 0.232. The van der Waals surface area contributed by atoms with E-state index in [4.69, 9.17) is 0 Å². The fraction of sp³-hybridized carbons (Fsp3) is 0.778. The number of methoxy groups -OCH3 is 1. The molecular weight excluding hydrogens is 234 g/mol. The van der Waals surface area contributed by atoms with Crippen LogP contribution in [0.25, 0.3) is 0 Å². The lowest BCUT2D eigenvalue weighted by molar-refractivity contribution is -0.139. The molecule has 0 aliphatic heterocycles. The summed E-state index contributed by atoms with van der Waals surface area (Å²) in [6.45, 7) is 4.28. The molecule has 2 unspecified atom stereocenters. The maximum Gasteiger partial charge on any atom is 0.325 e. The Morgan fingerprint density at radius 3 is 2.19 bits per heavy atom. The molecule has 0 aliphatic rings. The normalized spacial score (nSPS) is 15.2. The van der Waals surface area contributed by atoms with Gasteiger partial charge in [0.25, 0.3) is 0 Å². The van der Waals surface area contributed by atoms with E-state index in [0.29, 0.717) is 0 Å². The summed E-state index contributed by atoms with van der Waals surface area (Å²) in [6, 6.07) is -0.831. The van der Waals surface area contributed by atoms with Crippen LogP contribution < -0.4 is 4.72 Å². The molecule has 0 aromatic heterocycles. The minimum absolute atomic E-state index is 0.232. The van der Waals surface area contributed by atoms with Gasteiger partial charge in [-0.15, -0.1) is 0 Å². The van der Waals surface area contributed by atoms with Crippen LogP contribution in [0.5, 0.6) is 0 Å².